The van der Waals surface area contributed by atoms with Crippen LogP contribution in [0.3, 0.4) is 0 Å². The molecule has 0 spiro atoms. The smallest absolute Gasteiger partial charge is 0.267 e. The lowest BCUT2D eigenvalue weighted by atomic mass is 10.1. The van der Waals surface area contributed by atoms with Crippen molar-refractivity contribution in [3.8, 4) is 5.75 Å². The summed E-state index contributed by atoms with van der Waals surface area (Å²) in [5, 5.41) is 2.72. The van der Waals surface area contributed by atoms with Gasteiger partial charge in [0.1, 0.15) is 18.1 Å². The van der Waals surface area contributed by atoms with E-state index < -0.39 is 0 Å². The summed E-state index contributed by atoms with van der Waals surface area (Å²) in [5.41, 5.74) is 1.65. The molecule has 3 rings (SSSR count). The van der Waals surface area contributed by atoms with Crippen LogP contribution in [0.2, 0.25) is 0 Å². The van der Waals surface area contributed by atoms with Crippen LogP contribution in [0.25, 0.3) is 0 Å². The van der Waals surface area contributed by atoms with Crippen molar-refractivity contribution >= 4 is 5.91 Å². The lowest BCUT2D eigenvalue weighted by Crippen LogP contribution is -2.27. The highest BCUT2D eigenvalue weighted by atomic mass is 19.1. The molecule has 0 unspecified atom stereocenters. The Kier molecular flexibility index (Phi) is 5.99. The molecule has 1 amide bonds. The molecule has 0 bridgehead atoms. The van der Waals surface area contributed by atoms with Crippen molar-refractivity contribution in [1.82, 2.24) is 10.3 Å². The van der Waals surface area contributed by atoms with Crippen molar-refractivity contribution in [2.75, 3.05) is 6.54 Å². The Hall–Kier alpha value is -3.41. The van der Waals surface area contributed by atoms with Gasteiger partial charge in [-0.25, -0.2) is 4.39 Å². The van der Waals surface area contributed by atoms with E-state index in [4.69, 9.17) is 4.74 Å². The van der Waals surface area contributed by atoms with Crippen LogP contribution in [0, 0.1) is 5.82 Å². The molecule has 6 heteroatoms. The second-order valence-corrected chi connectivity index (χ2v) is 5.98. The van der Waals surface area contributed by atoms with Crippen molar-refractivity contribution in [2.24, 2.45) is 0 Å². The molecule has 0 aliphatic rings. The third kappa shape index (κ3) is 5.28. The topological polar surface area (TPSA) is 71.2 Å². The molecule has 5 nitrogen and oxygen atoms in total. The SMILES string of the molecule is O=C(NCCc1ccc(F)cc1)c1cc(=O)c(OCc2ccccc2)c[nH]1. The van der Waals surface area contributed by atoms with Crippen LogP contribution < -0.4 is 15.5 Å². The van der Waals surface area contributed by atoms with Crippen molar-refractivity contribution < 1.29 is 13.9 Å². The van der Waals surface area contributed by atoms with Gasteiger partial charge in [-0.1, -0.05) is 42.5 Å². The molecule has 0 aliphatic carbocycles. The molecule has 138 valence electrons. The second kappa shape index (κ2) is 8.80. The monoisotopic (exact) mass is 366 g/mol. The van der Waals surface area contributed by atoms with Crippen molar-refractivity contribution in [3.05, 3.63) is 99.7 Å². The number of benzene rings is 2. The number of hydrogen-bond acceptors (Lipinski definition) is 3. The first-order valence-corrected chi connectivity index (χ1v) is 8.54. The lowest BCUT2D eigenvalue weighted by molar-refractivity contribution is 0.0949. The van der Waals surface area contributed by atoms with Crippen LogP contribution in [0.5, 0.6) is 5.75 Å². The Morgan fingerprint density at radius 2 is 1.78 bits per heavy atom. The van der Waals surface area contributed by atoms with Gasteiger partial charge in [-0.3, -0.25) is 9.59 Å². The van der Waals surface area contributed by atoms with Gasteiger partial charge in [-0.05, 0) is 29.7 Å². The van der Waals surface area contributed by atoms with E-state index in [2.05, 4.69) is 10.3 Å². The zero-order valence-electron chi connectivity index (χ0n) is 14.6. The van der Waals surface area contributed by atoms with Crippen LogP contribution in [0.1, 0.15) is 21.6 Å². The summed E-state index contributed by atoms with van der Waals surface area (Å²) in [6.07, 6.45) is 1.95. The number of rotatable bonds is 7. The fourth-order valence-electron chi connectivity index (χ4n) is 2.50. The van der Waals surface area contributed by atoms with Gasteiger partial charge in [0, 0.05) is 18.8 Å². The lowest BCUT2D eigenvalue weighted by Gasteiger charge is -2.08. The summed E-state index contributed by atoms with van der Waals surface area (Å²) in [5.74, 6) is -0.527. The standard InChI is InChI=1S/C21H19FN2O3/c22-17-8-6-15(7-9-17)10-11-23-21(26)18-12-19(25)20(13-24-18)27-14-16-4-2-1-3-5-16/h1-9,12-13H,10-11,14H2,(H,23,26)(H,24,25). The molecular weight excluding hydrogens is 347 g/mol. The number of halogens is 1. The van der Waals surface area contributed by atoms with Gasteiger partial charge in [0.25, 0.3) is 5.91 Å². The Morgan fingerprint density at radius 1 is 1.04 bits per heavy atom. The van der Waals surface area contributed by atoms with Crippen molar-refractivity contribution in [3.63, 3.8) is 0 Å². The maximum Gasteiger partial charge on any atom is 0.267 e. The van der Waals surface area contributed by atoms with E-state index in [0.717, 1.165) is 11.1 Å². The van der Waals surface area contributed by atoms with Crippen LogP contribution in [-0.4, -0.2) is 17.4 Å². The minimum Gasteiger partial charge on any atom is -0.483 e. The summed E-state index contributed by atoms with van der Waals surface area (Å²) in [6.45, 7) is 0.645. The van der Waals surface area contributed by atoms with Crippen LogP contribution >= 0.6 is 0 Å². The van der Waals surface area contributed by atoms with Crippen molar-refractivity contribution in [1.29, 1.82) is 0 Å². The Morgan fingerprint density at radius 3 is 2.48 bits per heavy atom. The van der Waals surface area contributed by atoms with E-state index in [1.54, 1.807) is 12.1 Å². The minimum absolute atomic E-state index is 0.154. The Labute approximate surface area is 155 Å². The van der Waals surface area contributed by atoms with Gasteiger partial charge in [0.2, 0.25) is 5.43 Å². The molecule has 0 fully saturated rings. The summed E-state index contributed by atoms with van der Waals surface area (Å²) >= 11 is 0. The van der Waals surface area contributed by atoms with Crippen LogP contribution in [0.4, 0.5) is 4.39 Å². The van der Waals surface area contributed by atoms with Gasteiger partial charge in [-0.15, -0.1) is 0 Å². The minimum atomic E-state index is -0.385. The van der Waals surface area contributed by atoms with Gasteiger partial charge < -0.3 is 15.0 Å². The number of hydrogen-bond donors (Lipinski definition) is 2. The number of carbonyl (C=O) groups is 1. The number of carbonyl (C=O) groups excluding carboxylic acids is 1. The molecule has 1 heterocycles. The molecule has 0 radical (unpaired) electrons. The highest BCUT2D eigenvalue weighted by molar-refractivity contribution is 5.92. The third-order valence-electron chi connectivity index (χ3n) is 3.97. The number of H-pyrrole nitrogens is 1. The van der Waals surface area contributed by atoms with E-state index in [1.807, 2.05) is 30.3 Å². The first-order valence-electron chi connectivity index (χ1n) is 8.54. The Balaban J connectivity index is 1.53. The summed E-state index contributed by atoms with van der Waals surface area (Å²) in [6, 6.07) is 16.8. The molecule has 27 heavy (non-hydrogen) atoms. The summed E-state index contributed by atoms with van der Waals surface area (Å²) < 4.78 is 18.4. The van der Waals surface area contributed by atoms with Gasteiger partial charge >= 0.3 is 0 Å². The zero-order chi connectivity index (χ0) is 19.1. The molecule has 0 saturated heterocycles. The molecule has 2 N–H and O–H groups in total. The average Bonchev–Trinajstić information content (AvgIpc) is 2.69. The molecular formula is C21H19FN2O3. The maximum absolute atomic E-state index is 12.9. The fraction of sp³-hybridized carbons (Fsp3) is 0.143. The highest BCUT2D eigenvalue weighted by Crippen LogP contribution is 2.07. The average molecular weight is 366 g/mol. The first-order chi connectivity index (χ1) is 13.1. The van der Waals surface area contributed by atoms with Gasteiger partial charge in [0.15, 0.2) is 5.75 Å². The van der Waals surface area contributed by atoms with E-state index >= 15 is 0 Å². The third-order valence-corrected chi connectivity index (χ3v) is 3.97. The van der Waals surface area contributed by atoms with Gasteiger partial charge in [0.05, 0.1) is 0 Å². The van der Waals surface area contributed by atoms with E-state index in [1.165, 1.54) is 24.4 Å². The number of amides is 1. The van der Waals surface area contributed by atoms with E-state index in [0.29, 0.717) is 13.0 Å². The van der Waals surface area contributed by atoms with E-state index in [9.17, 15) is 14.0 Å². The van der Waals surface area contributed by atoms with Crippen molar-refractivity contribution in [2.45, 2.75) is 13.0 Å². The molecule has 0 atom stereocenters. The number of aromatic amines is 1. The molecule has 3 aromatic rings. The number of ether oxygens (including phenoxy) is 1. The summed E-state index contributed by atoms with van der Waals surface area (Å²) in [7, 11) is 0. The predicted molar refractivity (Wildman–Crippen MR) is 100 cm³/mol. The normalized spacial score (nSPS) is 10.4. The molecule has 0 saturated carbocycles. The predicted octanol–water partition coefficient (Wildman–Crippen LogP) is 3.07. The van der Waals surface area contributed by atoms with Crippen LogP contribution in [-0.2, 0) is 13.0 Å². The molecule has 1 aromatic heterocycles. The molecule has 2 aromatic carbocycles. The number of pyridine rings is 1. The second-order valence-electron chi connectivity index (χ2n) is 5.98. The largest absolute Gasteiger partial charge is 0.483 e. The van der Waals surface area contributed by atoms with Crippen LogP contribution in [0.15, 0.2) is 71.7 Å². The zero-order valence-corrected chi connectivity index (χ0v) is 14.6. The Bertz CT molecular complexity index is 953. The summed E-state index contributed by atoms with van der Waals surface area (Å²) in [4.78, 5) is 27.1. The highest BCUT2D eigenvalue weighted by Gasteiger charge is 2.09. The fourth-order valence-corrected chi connectivity index (χ4v) is 2.50. The quantitative estimate of drug-likeness (QED) is 0.675. The van der Waals surface area contributed by atoms with Gasteiger partial charge in [-0.2, -0.15) is 0 Å². The molecule has 0 aliphatic heterocycles. The van der Waals surface area contributed by atoms with E-state index in [-0.39, 0.29) is 35.2 Å². The number of aromatic nitrogens is 1. The maximum atomic E-state index is 12.9. The number of nitrogens with one attached hydrogen (secondary N) is 2. The first kappa shape index (κ1) is 18.4.